The zero-order valence-corrected chi connectivity index (χ0v) is 18.5. The van der Waals surface area contributed by atoms with Crippen molar-refractivity contribution in [2.75, 3.05) is 25.1 Å². The maximum absolute atomic E-state index is 12.4. The van der Waals surface area contributed by atoms with Crippen LogP contribution in [0.15, 0.2) is 60.0 Å². The largest absolute Gasteiger partial charge is 0.490 e. The highest BCUT2D eigenvalue weighted by Crippen LogP contribution is 2.28. The molecule has 0 saturated heterocycles. The lowest BCUT2D eigenvalue weighted by Gasteiger charge is -2.12. The zero-order valence-electron chi connectivity index (χ0n) is 17.6. The highest BCUT2D eigenvalue weighted by molar-refractivity contribution is 7.12. The van der Waals surface area contributed by atoms with Gasteiger partial charge >= 0.3 is 0 Å². The van der Waals surface area contributed by atoms with Gasteiger partial charge in [0.05, 0.1) is 18.1 Å². The molecule has 3 rings (SSSR count). The summed E-state index contributed by atoms with van der Waals surface area (Å²) in [6.45, 7) is 5.50. The minimum absolute atomic E-state index is 0.158. The van der Waals surface area contributed by atoms with Crippen LogP contribution in [0.5, 0.6) is 11.5 Å². The van der Waals surface area contributed by atoms with Crippen molar-refractivity contribution in [2.24, 2.45) is 0 Å². The van der Waals surface area contributed by atoms with Crippen LogP contribution in [0.4, 0.5) is 5.69 Å². The monoisotopic (exact) mass is 438 g/mol. The van der Waals surface area contributed by atoms with Crippen molar-refractivity contribution >= 4 is 28.8 Å². The van der Waals surface area contributed by atoms with Gasteiger partial charge in [0.15, 0.2) is 11.5 Å². The second kappa shape index (κ2) is 11.2. The molecule has 0 aliphatic rings. The first-order chi connectivity index (χ1) is 15.1. The molecule has 2 N–H and O–H groups in total. The fourth-order valence-electron chi connectivity index (χ4n) is 2.98. The lowest BCUT2D eigenvalue weighted by Crippen LogP contribution is -2.25. The van der Waals surface area contributed by atoms with Gasteiger partial charge in [0.1, 0.15) is 0 Å². The van der Waals surface area contributed by atoms with Gasteiger partial charge in [-0.05, 0) is 73.7 Å². The topological polar surface area (TPSA) is 76.7 Å². The van der Waals surface area contributed by atoms with Gasteiger partial charge in [-0.25, -0.2) is 0 Å². The fraction of sp³-hybridized carbons (Fsp3) is 0.250. The SMILES string of the molecule is CCOc1ccc(CCNC(=O)c2ccc(NC(=O)c3cccs3)cc2)cc1OCC. The molecule has 3 aromatic rings. The Hall–Kier alpha value is -3.32. The van der Waals surface area contributed by atoms with Crippen molar-refractivity contribution in [3.63, 3.8) is 0 Å². The number of anilines is 1. The van der Waals surface area contributed by atoms with Gasteiger partial charge in [0.25, 0.3) is 11.8 Å². The Kier molecular flexibility index (Phi) is 8.06. The fourth-order valence-corrected chi connectivity index (χ4v) is 3.60. The van der Waals surface area contributed by atoms with E-state index in [0.29, 0.717) is 48.1 Å². The van der Waals surface area contributed by atoms with E-state index in [1.165, 1.54) is 11.3 Å². The molecule has 6 nitrogen and oxygen atoms in total. The lowest BCUT2D eigenvalue weighted by molar-refractivity contribution is 0.0953. The molecule has 0 atom stereocenters. The molecule has 7 heteroatoms. The molecule has 0 spiro atoms. The van der Waals surface area contributed by atoms with E-state index in [1.807, 2.05) is 43.5 Å². The van der Waals surface area contributed by atoms with E-state index in [-0.39, 0.29) is 11.8 Å². The van der Waals surface area contributed by atoms with Crippen molar-refractivity contribution in [3.8, 4) is 11.5 Å². The van der Waals surface area contributed by atoms with Crippen LogP contribution in [-0.4, -0.2) is 31.6 Å². The van der Waals surface area contributed by atoms with Crippen LogP contribution in [-0.2, 0) is 6.42 Å². The summed E-state index contributed by atoms with van der Waals surface area (Å²) < 4.78 is 11.2. The van der Waals surface area contributed by atoms with Gasteiger partial charge in [-0.15, -0.1) is 11.3 Å². The van der Waals surface area contributed by atoms with Crippen molar-refractivity contribution in [3.05, 3.63) is 76.0 Å². The Morgan fingerprint density at radius 3 is 2.32 bits per heavy atom. The summed E-state index contributed by atoms with van der Waals surface area (Å²) in [7, 11) is 0. The van der Waals surface area contributed by atoms with E-state index >= 15 is 0 Å². The number of carbonyl (C=O) groups is 2. The quantitative estimate of drug-likeness (QED) is 0.478. The summed E-state index contributed by atoms with van der Waals surface area (Å²) in [6, 6.07) is 16.3. The lowest BCUT2D eigenvalue weighted by atomic mass is 10.1. The molecule has 0 fully saturated rings. The van der Waals surface area contributed by atoms with Gasteiger partial charge in [-0.3, -0.25) is 9.59 Å². The Labute approximate surface area is 186 Å². The predicted molar refractivity (Wildman–Crippen MR) is 124 cm³/mol. The number of amides is 2. The summed E-state index contributed by atoms with van der Waals surface area (Å²) in [5.41, 5.74) is 2.24. The van der Waals surface area contributed by atoms with Crippen LogP contribution < -0.4 is 20.1 Å². The van der Waals surface area contributed by atoms with Crippen molar-refractivity contribution < 1.29 is 19.1 Å². The molecule has 0 saturated carbocycles. The van der Waals surface area contributed by atoms with E-state index in [9.17, 15) is 9.59 Å². The molecular formula is C24H26N2O4S. The summed E-state index contributed by atoms with van der Waals surface area (Å²) in [4.78, 5) is 25.2. The van der Waals surface area contributed by atoms with E-state index in [4.69, 9.17) is 9.47 Å². The number of rotatable bonds is 10. The summed E-state index contributed by atoms with van der Waals surface area (Å²) in [5.74, 6) is 1.12. The Morgan fingerprint density at radius 2 is 1.65 bits per heavy atom. The van der Waals surface area contributed by atoms with Crippen LogP contribution in [0.2, 0.25) is 0 Å². The highest BCUT2D eigenvalue weighted by atomic mass is 32.1. The summed E-state index contributed by atoms with van der Waals surface area (Å²) in [6.07, 6.45) is 0.674. The number of carbonyl (C=O) groups excluding carboxylic acids is 2. The van der Waals surface area contributed by atoms with Crippen LogP contribution in [0.1, 0.15) is 39.4 Å². The van der Waals surface area contributed by atoms with Gasteiger partial charge in [0, 0.05) is 17.8 Å². The normalized spacial score (nSPS) is 10.4. The molecule has 162 valence electrons. The molecule has 1 aromatic heterocycles. The Bertz CT molecular complexity index is 1000. The molecule has 31 heavy (non-hydrogen) atoms. The number of nitrogens with one attached hydrogen (secondary N) is 2. The third-order valence-corrected chi connectivity index (χ3v) is 5.33. The molecule has 0 radical (unpaired) electrons. The minimum atomic E-state index is -0.160. The third kappa shape index (κ3) is 6.33. The standard InChI is InChI=1S/C24H26N2O4S/c1-3-29-20-12-7-17(16-21(20)30-4-2)13-14-25-23(27)18-8-10-19(11-9-18)26-24(28)22-6-5-15-31-22/h5-12,15-16H,3-4,13-14H2,1-2H3,(H,25,27)(H,26,28). The molecule has 0 bridgehead atoms. The first-order valence-corrected chi connectivity index (χ1v) is 11.1. The Morgan fingerprint density at radius 1 is 0.903 bits per heavy atom. The van der Waals surface area contributed by atoms with Crippen LogP contribution >= 0.6 is 11.3 Å². The van der Waals surface area contributed by atoms with Gasteiger partial charge in [-0.2, -0.15) is 0 Å². The van der Waals surface area contributed by atoms with E-state index in [0.717, 1.165) is 11.3 Å². The molecule has 0 unspecified atom stereocenters. The predicted octanol–water partition coefficient (Wildman–Crippen LogP) is 4.77. The molecular weight excluding hydrogens is 412 g/mol. The number of hydrogen-bond donors (Lipinski definition) is 2. The third-order valence-electron chi connectivity index (χ3n) is 4.46. The van der Waals surface area contributed by atoms with Crippen LogP contribution in [0, 0.1) is 0 Å². The van der Waals surface area contributed by atoms with Crippen molar-refractivity contribution in [1.29, 1.82) is 0 Å². The van der Waals surface area contributed by atoms with Crippen molar-refractivity contribution in [2.45, 2.75) is 20.3 Å². The number of benzene rings is 2. The highest BCUT2D eigenvalue weighted by Gasteiger charge is 2.10. The maximum atomic E-state index is 12.4. The molecule has 2 aromatic carbocycles. The van der Waals surface area contributed by atoms with E-state index < -0.39 is 0 Å². The second-order valence-electron chi connectivity index (χ2n) is 6.66. The molecule has 2 amide bonds. The Balaban J connectivity index is 1.51. The van der Waals surface area contributed by atoms with Gasteiger partial charge in [-0.1, -0.05) is 12.1 Å². The number of ether oxygens (including phenoxy) is 2. The zero-order chi connectivity index (χ0) is 22.1. The average molecular weight is 439 g/mol. The van der Waals surface area contributed by atoms with Crippen LogP contribution in [0.25, 0.3) is 0 Å². The maximum Gasteiger partial charge on any atom is 0.265 e. The number of hydrogen-bond acceptors (Lipinski definition) is 5. The first-order valence-electron chi connectivity index (χ1n) is 10.2. The smallest absolute Gasteiger partial charge is 0.265 e. The van der Waals surface area contributed by atoms with Crippen LogP contribution in [0.3, 0.4) is 0 Å². The summed E-state index contributed by atoms with van der Waals surface area (Å²) >= 11 is 1.38. The van der Waals surface area contributed by atoms with Gasteiger partial charge < -0.3 is 20.1 Å². The summed E-state index contributed by atoms with van der Waals surface area (Å²) in [5, 5.41) is 7.60. The molecule has 1 heterocycles. The minimum Gasteiger partial charge on any atom is -0.490 e. The van der Waals surface area contributed by atoms with Crippen molar-refractivity contribution in [1.82, 2.24) is 5.32 Å². The first kappa shape index (κ1) is 22.4. The molecule has 0 aliphatic carbocycles. The van der Waals surface area contributed by atoms with E-state index in [2.05, 4.69) is 10.6 Å². The average Bonchev–Trinajstić information content (AvgIpc) is 3.31. The van der Waals surface area contributed by atoms with Gasteiger partial charge in [0.2, 0.25) is 0 Å². The molecule has 0 aliphatic heterocycles. The second-order valence-corrected chi connectivity index (χ2v) is 7.61. The number of thiophene rings is 1. The van der Waals surface area contributed by atoms with E-state index in [1.54, 1.807) is 30.3 Å².